The molecule has 0 N–H and O–H groups in total. The molecule has 0 aromatic heterocycles. The number of rotatable bonds is 7. The molecule has 1 radical (unpaired) electrons. The van der Waals surface area contributed by atoms with E-state index >= 15 is 0 Å². The molecular formula is C18H29O2. The van der Waals surface area contributed by atoms with Crippen molar-refractivity contribution < 1.29 is 9.84 Å². The largest absolute Gasteiger partial charge is 0.491 e. The molecule has 2 heteroatoms. The Morgan fingerprint density at radius 3 is 2.10 bits per heavy atom. The van der Waals surface area contributed by atoms with Gasteiger partial charge >= 0.3 is 0 Å². The van der Waals surface area contributed by atoms with Crippen molar-refractivity contribution in [3.05, 3.63) is 29.3 Å². The van der Waals surface area contributed by atoms with Crippen LogP contribution in [0.5, 0.6) is 5.75 Å². The third-order valence-electron chi connectivity index (χ3n) is 4.60. The van der Waals surface area contributed by atoms with Gasteiger partial charge in [0.15, 0.2) is 0 Å². The Bertz CT molecular complexity index is 433. The predicted molar refractivity (Wildman–Crippen MR) is 84.1 cm³/mol. The maximum atomic E-state index is 10.7. The normalized spacial score (nSPS) is 12.6. The van der Waals surface area contributed by atoms with Crippen LogP contribution >= 0.6 is 0 Å². The molecule has 0 spiro atoms. The fourth-order valence-corrected chi connectivity index (χ4v) is 2.17. The van der Waals surface area contributed by atoms with Gasteiger partial charge in [0.25, 0.3) is 0 Å². The summed E-state index contributed by atoms with van der Waals surface area (Å²) in [5, 5.41) is 10.7. The second-order valence-electron chi connectivity index (χ2n) is 6.74. The van der Waals surface area contributed by atoms with Gasteiger partial charge in [-0.1, -0.05) is 53.7 Å². The predicted octanol–water partition coefficient (Wildman–Crippen LogP) is 4.87. The van der Waals surface area contributed by atoms with E-state index in [0.717, 1.165) is 18.6 Å². The van der Waals surface area contributed by atoms with Crippen molar-refractivity contribution in [1.82, 2.24) is 0 Å². The van der Waals surface area contributed by atoms with Gasteiger partial charge < -0.3 is 4.74 Å². The molecule has 0 aliphatic carbocycles. The lowest BCUT2D eigenvalue weighted by Crippen LogP contribution is -2.20. The molecule has 0 fully saturated rings. The zero-order chi connectivity index (χ0) is 15.4. The first-order valence-electron chi connectivity index (χ1n) is 7.64. The zero-order valence-corrected chi connectivity index (χ0v) is 13.9. The maximum Gasteiger partial charge on any atom is 0.123 e. The maximum absolute atomic E-state index is 10.7. The molecule has 2 nitrogen and oxygen atoms in total. The summed E-state index contributed by atoms with van der Waals surface area (Å²) in [5.41, 5.74) is 2.66. The van der Waals surface area contributed by atoms with E-state index in [4.69, 9.17) is 4.74 Å². The highest BCUT2D eigenvalue weighted by molar-refractivity contribution is 5.44. The third-order valence-corrected chi connectivity index (χ3v) is 4.60. The first kappa shape index (κ1) is 17.0. The molecule has 0 saturated carbocycles. The fourth-order valence-electron chi connectivity index (χ4n) is 2.17. The van der Waals surface area contributed by atoms with E-state index in [1.807, 2.05) is 0 Å². The van der Waals surface area contributed by atoms with Crippen LogP contribution < -0.4 is 4.74 Å². The van der Waals surface area contributed by atoms with Gasteiger partial charge in [-0.15, -0.1) is 0 Å². The first-order valence-corrected chi connectivity index (χ1v) is 7.64. The van der Waals surface area contributed by atoms with Crippen LogP contribution in [-0.4, -0.2) is 13.2 Å². The minimum atomic E-state index is -0.201. The topological polar surface area (TPSA) is 29.1 Å². The van der Waals surface area contributed by atoms with E-state index in [9.17, 15) is 5.11 Å². The highest BCUT2D eigenvalue weighted by Gasteiger charge is 2.25. The molecule has 0 unspecified atom stereocenters. The van der Waals surface area contributed by atoms with Crippen molar-refractivity contribution in [3.63, 3.8) is 0 Å². The fraction of sp³-hybridized carbons (Fsp3) is 0.667. The van der Waals surface area contributed by atoms with E-state index in [-0.39, 0.29) is 24.0 Å². The summed E-state index contributed by atoms with van der Waals surface area (Å²) in [6, 6.07) is 6.52. The second kappa shape index (κ2) is 6.62. The van der Waals surface area contributed by atoms with Crippen LogP contribution in [0.4, 0.5) is 0 Å². The lowest BCUT2D eigenvalue weighted by molar-refractivity contribution is 0.136. The van der Waals surface area contributed by atoms with E-state index < -0.39 is 0 Å². The highest BCUT2D eigenvalue weighted by atomic mass is 16.5. The molecule has 1 rings (SSSR count). The summed E-state index contributed by atoms with van der Waals surface area (Å²) >= 11 is 0. The van der Waals surface area contributed by atoms with Gasteiger partial charge in [-0.05, 0) is 40.9 Å². The van der Waals surface area contributed by atoms with Crippen LogP contribution in [0, 0.1) is 0 Å². The Hall–Kier alpha value is -1.02. The van der Waals surface area contributed by atoms with Gasteiger partial charge in [0, 0.05) is 0 Å². The Morgan fingerprint density at radius 2 is 1.60 bits per heavy atom. The third kappa shape index (κ3) is 3.76. The van der Waals surface area contributed by atoms with Crippen molar-refractivity contribution in [3.8, 4) is 5.75 Å². The first-order chi connectivity index (χ1) is 9.28. The zero-order valence-electron chi connectivity index (χ0n) is 13.9. The molecule has 1 aromatic rings. The molecule has 0 bridgehead atoms. The Labute approximate surface area is 124 Å². The van der Waals surface area contributed by atoms with E-state index in [1.165, 1.54) is 11.1 Å². The Kier molecular flexibility index (Phi) is 5.64. The smallest absolute Gasteiger partial charge is 0.123 e. The number of ether oxygens (including phenoxy) is 1. The van der Waals surface area contributed by atoms with E-state index in [1.54, 1.807) is 0 Å². The summed E-state index contributed by atoms with van der Waals surface area (Å²) < 4.78 is 5.74. The summed E-state index contributed by atoms with van der Waals surface area (Å²) in [4.78, 5) is 0. The summed E-state index contributed by atoms with van der Waals surface area (Å²) in [6.07, 6.45) is 2.11. The average Bonchev–Trinajstić information content (AvgIpc) is 2.44. The van der Waals surface area contributed by atoms with Crippen LogP contribution in [0.15, 0.2) is 18.2 Å². The van der Waals surface area contributed by atoms with Crippen LogP contribution in [0.2, 0.25) is 0 Å². The van der Waals surface area contributed by atoms with Gasteiger partial charge in [0.2, 0.25) is 0 Å². The van der Waals surface area contributed by atoms with E-state index in [2.05, 4.69) is 59.7 Å². The minimum absolute atomic E-state index is 0.0626. The van der Waals surface area contributed by atoms with Crippen molar-refractivity contribution in [2.24, 2.45) is 0 Å². The Morgan fingerprint density at radius 1 is 1.00 bits per heavy atom. The van der Waals surface area contributed by atoms with Crippen molar-refractivity contribution >= 4 is 0 Å². The number of benzene rings is 1. The lowest BCUT2D eigenvalue weighted by Gasteiger charge is -2.29. The molecular weight excluding hydrogens is 248 g/mol. The molecule has 0 saturated heterocycles. The average molecular weight is 277 g/mol. The molecule has 0 amide bonds. The molecule has 0 aliphatic heterocycles. The van der Waals surface area contributed by atoms with Crippen LogP contribution in [0.1, 0.15) is 65.5 Å². The van der Waals surface area contributed by atoms with Gasteiger partial charge in [-0.2, -0.15) is 0 Å². The molecule has 1 aromatic carbocycles. The van der Waals surface area contributed by atoms with Crippen molar-refractivity contribution in [1.29, 1.82) is 0 Å². The second-order valence-corrected chi connectivity index (χ2v) is 6.74. The minimum Gasteiger partial charge on any atom is -0.491 e. The lowest BCUT2D eigenvalue weighted by atomic mass is 9.77. The summed E-state index contributed by atoms with van der Waals surface area (Å²) in [7, 11) is 0. The monoisotopic (exact) mass is 277 g/mol. The van der Waals surface area contributed by atoms with Gasteiger partial charge in [-0.25, -0.2) is 5.11 Å². The molecule has 0 heterocycles. The quantitative estimate of drug-likeness (QED) is 0.699. The SMILES string of the molecule is CCC(C)(C)c1ccc(C(C)(C)CC)c(OCC[O])c1. The molecule has 113 valence electrons. The molecule has 20 heavy (non-hydrogen) atoms. The molecule has 0 atom stereocenters. The van der Waals surface area contributed by atoms with Gasteiger partial charge in [0.1, 0.15) is 19.0 Å². The van der Waals surface area contributed by atoms with Crippen LogP contribution in [0.25, 0.3) is 0 Å². The summed E-state index contributed by atoms with van der Waals surface area (Å²) in [5.74, 6) is 0.881. The van der Waals surface area contributed by atoms with Gasteiger partial charge in [0.05, 0.1) is 0 Å². The number of hydrogen-bond donors (Lipinski definition) is 0. The standard InChI is InChI=1S/C18H29O2/c1-7-17(3,4)14-9-10-15(18(5,6)8-2)16(13-14)20-12-11-19/h9-10,13H,7-8,11-12H2,1-6H3. The number of hydrogen-bond acceptors (Lipinski definition) is 1. The Balaban J connectivity index is 3.26. The van der Waals surface area contributed by atoms with Crippen molar-refractivity contribution in [2.75, 3.05) is 13.2 Å². The summed E-state index contributed by atoms with van der Waals surface area (Å²) in [6.45, 7) is 13.3. The van der Waals surface area contributed by atoms with Gasteiger partial charge in [-0.3, -0.25) is 0 Å². The van der Waals surface area contributed by atoms with Crippen LogP contribution in [0.3, 0.4) is 0 Å². The highest BCUT2D eigenvalue weighted by Crippen LogP contribution is 2.38. The van der Waals surface area contributed by atoms with Crippen LogP contribution in [-0.2, 0) is 15.9 Å². The van der Waals surface area contributed by atoms with E-state index in [0.29, 0.717) is 0 Å². The molecule has 0 aliphatic rings. The van der Waals surface area contributed by atoms with Crippen molar-refractivity contribution in [2.45, 2.75) is 65.2 Å².